The van der Waals surface area contributed by atoms with E-state index in [9.17, 15) is 4.79 Å². The monoisotopic (exact) mass is 292 g/mol. The average Bonchev–Trinajstić information content (AvgIpc) is 2.81. The minimum atomic E-state index is -0.247. The second-order valence-electron chi connectivity index (χ2n) is 4.55. The summed E-state index contributed by atoms with van der Waals surface area (Å²) in [5.74, 6) is -0.174. The molecule has 0 aliphatic rings. The SMILES string of the molecule is CCCOC(=O)C(C)Sc1nc2ccccc2n1CC. The standard InChI is InChI=1S/C15H20N2O2S/c1-4-10-19-14(18)11(3)20-15-16-12-8-6-7-9-13(12)17(15)5-2/h6-9,11H,4-5,10H2,1-3H3. The van der Waals surface area contributed by atoms with Gasteiger partial charge in [0.1, 0.15) is 5.25 Å². The van der Waals surface area contributed by atoms with Gasteiger partial charge in [0.2, 0.25) is 0 Å². The van der Waals surface area contributed by atoms with E-state index >= 15 is 0 Å². The molecule has 5 heteroatoms. The first kappa shape index (κ1) is 14.9. The molecule has 0 bridgehead atoms. The highest BCUT2D eigenvalue weighted by Gasteiger charge is 2.19. The van der Waals surface area contributed by atoms with Crippen molar-refractivity contribution in [2.45, 2.75) is 44.1 Å². The number of esters is 1. The molecule has 1 unspecified atom stereocenters. The van der Waals surface area contributed by atoms with E-state index in [0.29, 0.717) is 6.61 Å². The number of aromatic nitrogens is 2. The number of hydrogen-bond acceptors (Lipinski definition) is 4. The highest BCUT2D eigenvalue weighted by Crippen LogP contribution is 2.27. The Kier molecular flexibility index (Phi) is 5.06. The maximum Gasteiger partial charge on any atom is 0.319 e. The fourth-order valence-corrected chi connectivity index (χ4v) is 2.96. The fraction of sp³-hybridized carbons (Fsp3) is 0.467. The molecule has 2 aromatic rings. The summed E-state index contributed by atoms with van der Waals surface area (Å²) in [5, 5.41) is 0.623. The van der Waals surface area contributed by atoms with E-state index in [-0.39, 0.29) is 11.2 Å². The average molecular weight is 292 g/mol. The van der Waals surface area contributed by atoms with Crippen LogP contribution in [0.1, 0.15) is 27.2 Å². The largest absolute Gasteiger partial charge is 0.465 e. The predicted octanol–water partition coefficient (Wildman–Crippen LogP) is 3.49. The van der Waals surface area contributed by atoms with Crippen LogP contribution in [-0.4, -0.2) is 27.4 Å². The molecule has 0 N–H and O–H groups in total. The molecular formula is C15H20N2O2S. The number of para-hydroxylation sites is 2. The van der Waals surface area contributed by atoms with Gasteiger partial charge in [-0.05, 0) is 32.4 Å². The van der Waals surface area contributed by atoms with Crippen LogP contribution in [-0.2, 0) is 16.1 Å². The van der Waals surface area contributed by atoms with Crippen LogP contribution >= 0.6 is 11.8 Å². The Morgan fingerprint density at radius 1 is 1.40 bits per heavy atom. The van der Waals surface area contributed by atoms with Crippen molar-refractivity contribution in [1.82, 2.24) is 9.55 Å². The molecule has 0 amide bonds. The molecule has 0 saturated heterocycles. The zero-order valence-corrected chi connectivity index (χ0v) is 12.9. The zero-order valence-electron chi connectivity index (χ0n) is 12.1. The Morgan fingerprint density at radius 2 is 2.15 bits per heavy atom. The third-order valence-corrected chi connectivity index (χ3v) is 4.07. The van der Waals surface area contributed by atoms with E-state index < -0.39 is 0 Å². The minimum Gasteiger partial charge on any atom is -0.465 e. The molecule has 2 rings (SSSR count). The number of nitrogens with zero attached hydrogens (tertiary/aromatic N) is 2. The van der Waals surface area contributed by atoms with Crippen LogP contribution in [0.4, 0.5) is 0 Å². The van der Waals surface area contributed by atoms with Crippen LogP contribution in [0.2, 0.25) is 0 Å². The number of hydrogen-bond donors (Lipinski definition) is 0. The van der Waals surface area contributed by atoms with E-state index in [1.165, 1.54) is 11.8 Å². The number of imidazole rings is 1. The molecule has 0 aliphatic carbocycles. The maximum atomic E-state index is 11.8. The molecule has 20 heavy (non-hydrogen) atoms. The first-order valence-corrected chi connectivity index (χ1v) is 7.83. The van der Waals surface area contributed by atoms with Gasteiger partial charge < -0.3 is 9.30 Å². The molecular weight excluding hydrogens is 272 g/mol. The number of rotatable bonds is 6. The van der Waals surface area contributed by atoms with Crippen LogP contribution in [0.15, 0.2) is 29.4 Å². The summed E-state index contributed by atoms with van der Waals surface area (Å²) in [7, 11) is 0. The van der Waals surface area contributed by atoms with Crippen molar-refractivity contribution in [3.8, 4) is 0 Å². The van der Waals surface area contributed by atoms with E-state index in [2.05, 4.69) is 22.5 Å². The summed E-state index contributed by atoms with van der Waals surface area (Å²) in [6.45, 7) is 7.25. The smallest absolute Gasteiger partial charge is 0.319 e. The molecule has 1 atom stereocenters. The van der Waals surface area contributed by atoms with E-state index in [1.807, 2.05) is 32.0 Å². The molecule has 1 aromatic heterocycles. The molecule has 1 heterocycles. The number of carbonyl (C=O) groups excluding carboxylic acids is 1. The van der Waals surface area contributed by atoms with E-state index in [4.69, 9.17) is 4.74 Å². The van der Waals surface area contributed by atoms with Gasteiger partial charge in [-0.25, -0.2) is 4.98 Å². The lowest BCUT2D eigenvalue weighted by Crippen LogP contribution is -2.18. The highest BCUT2D eigenvalue weighted by atomic mass is 32.2. The van der Waals surface area contributed by atoms with Crippen molar-refractivity contribution in [2.24, 2.45) is 0 Å². The lowest BCUT2D eigenvalue weighted by Gasteiger charge is -2.11. The van der Waals surface area contributed by atoms with Crippen LogP contribution in [0.3, 0.4) is 0 Å². The number of fused-ring (bicyclic) bond motifs is 1. The van der Waals surface area contributed by atoms with Gasteiger partial charge >= 0.3 is 5.97 Å². The Bertz CT molecular complexity index is 595. The molecule has 0 saturated carbocycles. The molecule has 108 valence electrons. The van der Waals surface area contributed by atoms with Crippen molar-refractivity contribution in [3.63, 3.8) is 0 Å². The van der Waals surface area contributed by atoms with Gasteiger partial charge in [0.15, 0.2) is 5.16 Å². The van der Waals surface area contributed by atoms with Gasteiger partial charge in [-0.2, -0.15) is 0 Å². The lowest BCUT2D eigenvalue weighted by molar-refractivity contribution is -0.142. The maximum absolute atomic E-state index is 11.8. The normalized spacial score (nSPS) is 12.6. The number of aryl methyl sites for hydroxylation is 1. The molecule has 1 aromatic carbocycles. The van der Waals surface area contributed by atoms with Crippen LogP contribution in [0, 0.1) is 0 Å². The van der Waals surface area contributed by atoms with Crippen molar-refractivity contribution in [2.75, 3.05) is 6.61 Å². The van der Waals surface area contributed by atoms with Crippen LogP contribution in [0.5, 0.6) is 0 Å². The second kappa shape index (κ2) is 6.79. The van der Waals surface area contributed by atoms with Gasteiger partial charge in [0.05, 0.1) is 17.6 Å². The molecule has 0 aliphatic heterocycles. The Morgan fingerprint density at radius 3 is 2.85 bits per heavy atom. The van der Waals surface area contributed by atoms with Gasteiger partial charge in [0.25, 0.3) is 0 Å². The number of carbonyl (C=O) groups is 1. The molecule has 0 spiro atoms. The van der Waals surface area contributed by atoms with Gasteiger partial charge in [-0.15, -0.1) is 0 Å². The number of thioether (sulfide) groups is 1. The summed E-state index contributed by atoms with van der Waals surface area (Å²) in [4.78, 5) is 16.4. The predicted molar refractivity (Wildman–Crippen MR) is 82.0 cm³/mol. The molecule has 4 nitrogen and oxygen atoms in total. The van der Waals surface area contributed by atoms with Gasteiger partial charge in [0, 0.05) is 6.54 Å². The summed E-state index contributed by atoms with van der Waals surface area (Å²) < 4.78 is 7.30. The van der Waals surface area contributed by atoms with Crippen LogP contribution in [0.25, 0.3) is 11.0 Å². The molecule has 0 fully saturated rings. The van der Waals surface area contributed by atoms with Crippen LogP contribution < -0.4 is 0 Å². The second-order valence-corrected chi connectivity index (χ2v) is 5.86. The van der Waals surface area contributed by atoms with Crippen molar-refractivity contribution >= 4 is 28.8 Å². The summed E-state index contributed by atoms with van der Waals surface area (Å²) >= 11 is 1.46. The Labute approximate surface area is 123 Å². The summed E-state index contributed by atoms with van der Waals surface area (Å²) in [5.41, 5.74) is 2.07. The first-order chi connectivity index (χ1) is 9.67. The van der Waals surface area contributed by atoms with Crippen molar-refractivity contribution < 1.29 is 9.53 Å². The first-order valence-electron chi connectivity index (χ1n) is 6.95. The summed E-state index contributed by atoms with van der Waals surface area (Å²) in [6, 6.07) is 8.02. The van der Waals surface area contributed by atoms with Gasteiger partial charge in [-0.3, -0.25) is 4.79 Å². The van der Waals surface area contributed by atoms with Crippen molar-refractivity contribution in [1.29, 1.82) is 0 Å². The third-order valence-electron chi connectivity index (χ3n) is 3.00. The quantitative estimate of drug-likeness (QED) is 0.604. The highest BCUT2D eigenvalue weighted by molar-refractivity contribution is 8.00. The number of ether oxygens (including phenoxy) is 1. The number of benzene rings is 1. The zero-order chi connectivity index (χ0) is 14.5. The summed E-state index contributed by atoms with van der Waals surface area (Å²) in [6.07, 6.45) is 0.844. The third kappa shape index (κ3) is 3.15. The lowest BCUT2D eigenvalue weighted by atomic mass is 10.3. The topological polar surface area (TPSA) is 44.1 Å². The van der Waals surface area contributed by atoms with E-state index in [1.54, 1.807) is 0 Å². The van der Waals surface area contributed by atoms with Crippen molar-refractivity contribution in [3.05, 3.63) is 24.3 Å². The Balaban J connectivity index is 2.18. The molecule has 0 radical (unpaired) electrons. The minimum absolute atomic E-state index is 0.174. The Hall–Kier alpha value is -1.49. The fourth-order valence-electron chi connectivity index (χ4n) is 1.98. The van der Waals surface area contributed by atoms with E-state index in [0.717, 1.165) is 29.2 Å². The van der Waals surface area contributed by atoms with Gasteiger partial charge in [-0.1, -0.05) is 30.8 Å².